The van der Waals surface area contributed by atoms with E-state index in [1.807, 2.05) is 30.7 Å². The molecule has 1 saturated heterocycles. The van der Waals surface area contributed by atoms with Crippen molar-refractivity contribution in [2.75, 3.05) is 33.7 Å². The molecule has 1 aliphatic heterocycles. The third-order valence-electron chi connectivity index (χ3n) is 7.53. The third-order valence-corrected chi connectivity index (χ3v) is 7.53. The minimum atomic E-state index is -0.729. The molecular weight excluding hydrogens is 364 g/mol. The van der Waals surface area contributed by atoms with E-state index in [2.05, 4.69) is 49.2 Å². The van der Waals surface area contributed by atoms with Crippen LogP contribution < -0.4 is 5.73 Å². The molecule has 1 spiro atoms. The summed E-state index contributed by atoms with van der Waals surface area (Å²) in [6.45, 7) is 7.84. The van der Waals surface area contributed by atoms with Crippen LogP contribution in [0.5, 0.6) is 0 Å². The summed E-state index contributed by atoms with van der Waals surface area (Å²) in [5.41, 5.74) is 6.02. The Morgan fingerprint density at radius 2 is 1.76 bits per heavy atom. The van der Waals surface area contributed by atoms with Gasteiger partial charge in [0.1, 0.15) is 0 Å². The second-order valence-corrected chi connectivity index (χ2v) is 9.58. The molecule has 3 amide bonds. The Hall–Kier alpha value is -2.08. The molecule has 6 nitrogen and oxygen atoms in total. The first kappa shape index (κ1) is 21.6. The normalized spacial score (nSPS) is 27.9. The molecule has 1 saturated carbocycles. The first-order valence-electron chi connectivity index (χ1n) is 10.7. The predicted octanol–water partition coefficient (Wildman–Crippen LogP) is 3.03. The molecule has 1 aliphatic carbocycles. The summed E-state index contributed by atoms with van der Waals surface area (Å²) < 4.78 is 0. The van der Waals surface area contributed by atoms with Crippen molar-refractivity contribution in [1.82, 2.24) is 14.7 Å². The monoisotopic (exact) mass is 400 g/mol. The summed E-state index contributed by atoms with van der Waals surface area (Å²) in [7, 11) is 4.12. The standard InChI is InChI=1S/C23H36N4O2/c1-6-25(4)23(18-10-8-7-9-11-18)14-12-22(13-15-23)17-27(20(29)26(22)5)16-21(2,3)19(24)28/h7-11H,6,12-17H2,1-5H3,(H2,24,28)/t22-,23+. The highest BCUT2D eigenvalue weighted by atomic mass is 16.2. The molecule has 1 aromatic rings. The van der Waals surface area contributed by atoms with Crippen molar-refractivity contribution in [1.29, 1.82) is 0 Å². The molecule has 1 heterocycles. The summed E-state index contributed by atoms with van der Waals surface area (Å²) in [5.74, 6) is -0.370. The van der Waals surface area contributed by atoms with Crippen LogP contribution in [0.15, 0.2) is 30.3 Å². The summed E-state index contributed by atoms with van der Waals surface area (Å²) >= 11 is 0. The highest BCUT2D eigenvalue weighted by Crippen LogP contribution is 2.49. The minimum absolute atomic E-state index is 0.00502. The van der Waals surface area contributed by atoms with Gasteiger partial charge in [-0.25, -0.2) is 4.79 Å². The van der Waals surface area contributed by atoms with Crippen LogP contribution in [-0.4, -0.2) is 65.9 Å². The van der Waals surface area contributed by atoms with Crippen LogP contribution in [0.2, 0.25) is 0 Å². The highest BCUT2D eigenvalue weighted by molar-refractivity contribution is 5.82. The van der Waals surface area contributed by atoms with Crippen LogP contribution in [-0.2, 0) is 10.3 Å². The Labute approximate surface area is 175 Å². The van der Waals surface area contributed by atoms with Gasteiger partial charge in [-0.15, -0.1) is 0 Å². The van der Waals surface area contributed by atoms with Crippen LogP contribution in [0, 0.1) is 5.41 Å². The smallest absolute Gasteiger partial charge is 0.320 e. The molecule has 0 bridgehead atoms. The van der Waals surface area contributed by atoms with E-state index in [9.17, 15) is 9.59 Å². The van der Waals surface area contributed by atoms with Crippen molar-refractivity contribution in [3.63, 3.8) is 0 Å². The topological polar surface area (TPSA) is 69.9 Å². The predicted molar refractivity (Wildman–Crippen MR) is 115 cm³/mol. The summed E-state index contributed by atoms with van der Waals surface area (Å²) in [6.07, 6.45) is 3.90. The Morgan fingerprint density at radius 1 is 1.17 bits per heavy atom. The van der Waals surface area contributed by atoms with E-state index in [1.165, 1.54) is 5.56 Å². The molecule has 160 valence electrons. The first-order valence-corrected chi connectivity index (χ1v) is 10.7. The zero-order valence-corrected chi connectivity index (χ0v) is 18.6. The van der Waals surface area contributed by atoms with E-state index in [1.54, 1.807) is 0 Å². The number of urea groups is 1. The largest absolute Gasteiger partial charge is 0.369 e. The highest BCUT2D eigenvalue weighted by Gasteiger charge is 2.54. The molecule has 2 fully saturated rings. The van der Waals surface area contributed by atoms with Gasteiger partial charge < -0.3 is 15.5 Å². The quantitative estimate of drug-likeness (QED) is 0.798. The molecule has 6 heteroatoms. The number of nitrogens with zero attached hydrogens (tertiary/aromatic N) is 3. The van der Waals surface area contributed by atoms with E-state index >= 15 is 0 Å². The van der Waals surface area contributed by atoms with Gasteiger partial charge in [-0.3, -0.25) is 9.69 Å². The van der Waals surface area contributed by atoms with Crippen molar-refractivity contribution in [2.24, 2.45) is 11.1 Å². The Morgan fingerprint density at radius 3 is 2.28 bits per heavy atom. The maximum atomic E-state index is 13.0. The molecule has 3 rings (SSSR count). The number of hydrogen-bond donors (Lipinski definition) is 1. The van der Waals surface area contributed by atoms with Gasteiger partial charge >= 0.3 is 6.03 Å². The van der Waals surface area contributed by atoms with Gasteiger partial charge in [-0.1, -0.05) is 37.3 Å². The Kier molecular flexibility index (Phi) is 5.69. The number of rotatable bonds is 6. The molecule has 0 unspecified atom stereocenters. The van der Waals surface area contributed by atoms with Crippen LogP contribution >= 0.6 is 0 Å². The molecule has 0 radical (unpaired) electrons. The average Bonchev–Trinajstić information content (AvgIpc) is 2.93. The lowest BCUT2D eigenvalue weighted by Gasteiger charge is -2.51. The SMILES string of the molecule is CCN(C)[C@]1(c2ccccc2)CC[C@]2(CC1)CN(CC(C)(C)C(N)=O)C(=O)N2C. The van der Waals surface area contributed by atoms with Gasteiger partial charge in [0.15, 0.2) is 0 Å². The maximum absolute atomic E-state index is 13.0. The fraction of sp³-hybridized carbons (Fsp3) is 0.652. The van der Waals surface area contributed by atoms with Gasteiger partial charge in [-0.2, -0.15) is 0 Å². The van der Waals surface area contributed by atoms with Crippen molar-refractivity contribution in [3.8, 4) is 0 Å². The van der Waals surface area contributed by atoms with E-state index < -0.39 is 5.41 Å². The summed E-state index contributed by atoms with van der Waals surface area (Å²) in [5, 5.41) is 0. The van der Waals surface area contributed by atoms with E-state index in [-0.39, 0.29) is 23.0 Å². The van der Waals surface area contributed by atoms with Crippen LogP contribution in [0.3, 0.4) is 0 Å². The van der Waals surface area contributed by atoms with E-state index in [0.29, 0.717) is 13.1 Å². The molecule has 2 N–H and O–H groups in total. The summed E-state index contributed by atoms with van der Waals surface area (Å²) in [6, 6.07) is 10.8. The van der Waals surface area contributed by atoms with Crippen LogP contribution in [0.25, 0.3) is 0 Å². The van der Waals surface area contributed by atoms with Crippen molar-refractivity contribution in [2.45, 2.75) is 57.5 Å². The second-order valence-electron chi connectivity index (χ2n) is 9.58. The minimum Gasteiger partial charge on any atom is -0.369 e. The van der Waals surface area contributed by atoms with Gasteiger partial charge in [-0.05, 0) is 58.7 Å². The fourth-order valence-electron chi connectivity index (χ4n) is 5.19. The number of primary amides is 1. The molecule has 29 heavy (non-hydrogen) atoms. The lowest BCUT2D eigenvalue weighted by atomic mass is 9.68. The van der Waals surface area contributed by atoms with E-state index in [0.717, 1.165) is 32.2 Å². The first-order chi connectivity index (χ1) is 13.6. The Bertz CT molecular complexity index is 753. The fourth-order valence-corrected chi connectivity index (χ4v) is 5.19. The second kappa shape index (κ2) is 7.63. The number of benzene rings is 1. The van der Waals surface area contributed by atoms with Gasteiger partial charge in [0.25, 0.3) is 0 Å². The maximum Gasteiger partial charge on any atom is 0.320 e. The van der Waals surface area contributed by atoms with E-state index in [4.69, 9.17) is 5.73 Å². The zero-order chi connectivity index (χ0) is 21.4. The average molecular weight is 401 g/mol. The van der Waals surface area contributed by atoms with Crippen molar-refractivity contribution < 1.29 is 9.59 Å². The van der Waals surface area contributed by atoms with Crippen molar-refractivity contribution >= 4 is 11.9 Å². The van der Waals surface area contributed by atoms with Gasteiger partial charge in [0.2, 0.25) is 5.91 Å². The number of likely N-dealkylation sites (N-methyl/N-ethyl adjacent to an activating group) is 1. The number of carbonyl (C=O) groups is 2. The number of amides is 3. The van der Waals surface area contributed by atoms with Gasteiger partial charge in [0.05, 0.1) is 11.0 Å². The number of hydrogen-bond acceptors (Lipinski definition) is 3. The third kappa shape index (κ3) is 3.63. The molecule has 2 aliphatic rings. The van der Waals surface area contributed by atoms with Crippen molar-refractivity contribution in [3.05, 3.63) is 35.9 Å². The lowest BCUT2D eigenvalue weighted by Crippen LogP contribution is -2.55. The molecule has 0 aromatic heterocycles. The van der Waals surface area contributed by atoms with Crippen LogP contribution in [0.1, 0.15) is 52.0 Å². The Balaban J connectivity index is 1.82. The van der Waals surface area contributed by atoms with Gasteiger partial charge in [0, 0.05) is 25.7 Å². The molecule has 0 atom stereocenters. The van der Waals surface area contributed by atoms with Crippen LogP contribution in [0.4, 0.5) is 4.79 Å². The summed E-state index contributed by atoms with van der Waals surface area (Å²) in [4.78, 5) is 31.0. The molecule has 1 aromatic carbocycles. The lowest BCUT2D eigenvalue weighted by molar-refractivity contribution is -0.126. The number of carbonyl (C=O) groups excluding carboxylic acids is 2. The molecular formula is C23H36N4O2. The zero-order valence-electron chi connectivity index (χ0n) is 18.6. The number of nitrogens with two attached hydrogens (primary N) is 1.